The molecule has 0 saturated carbocycles. The Hall–Kier alpha value is -3.27. The van der Waals surface area contributed by atoms with Crippen molar-refractivity contribution in [3.63, 3.8) is 0 Å². The first-order valence-corrected chi connectivity index (χ1v) is 9.72. The molecule has 4 rings (SSSR count). The minimum atomic E-state index is -0.602. The topological polar surface area (TPSA) is 91.2 Å². The summed E-state index contributed by atoms with van der Waals surface area (Å²) in [5, 5.41) is 11.3. The molecule has 0 saturated heterocycles. The molecule has 2 heterocycles. The average Bonchev–Trinajstić information content (AvgIpc) is 3.17. The van der Waals surface area contributed by atoms with Crippen molar-refractivity contribution < 1.29 is 9.34 Å². The maximum Gasteiger partial charge on any atom is 0.433 e. The Morgan fingerprint density at radius 2 is 1.86 bits per heavy atom. The Balaban J connectivity index is 1.91. The second-order valence-electron chi connectivity index (χ2n) is 6.37. The lowest BCUT2D eigenvalue weighted by Crippen LogP contribution is -2.22. The number of furan rings is 1. The predicted molar refractivity (Wildman–Crippen MR) is 119 cm³/mol. The molecule has 0 amide bonds. The Morgan fingerprint density at radius 1 is 1.10 bits per heavy atom. The minimum absolute atomic E-state index is 0.192. The molecule has 29 heavy (non-hydrogen) atoms. The fraction of sp³-hybridized carbons (Fsp3) is 0.0476. The van der Waals surface area contributed by atoms with Gasteiger partial charge in [0, 0.05) is 3.57 Å². The van der Waals surface area contributed by atoms with Crippen molar-refractivity contribution in [3.05, 3.63) is 95.8 Å². The van der Waals surface area contributed by atoms with Crippen molar-refractivity contribution in [2.45, 2.75) is 6.92 Å². The third kappa shape index (κ3) is 3.83. The molecule has 0 spiro atoms. The van der Waals surface area contributed by atoms with Crippen LogP contribution in [0.2, 0.25) is 0 Å². The van der Waals surface area contributed by atoms with Gasteiger partial charge in [0.25, 0.3) is 5.56 Å². The van der Waals surface area contributed by atoms with Gasteiger partial charge in [-0.3, -0.25) is 19.5 Å². The fourth-order valence-electron chi connectivity index (χ4n) is 2.92. The van der Waals surface area contributed by atoms with Crippen molar-refractivity contribution in [1.82, 2.24) is 9.55 Å². The molecule has 0 atom stereocenters. The summed E-state index contributed by atoms with van der Waals surface area (Å²) in [6.45, 7) is 1.97. The van der Waals surface area contributed by atoms with E-state index in [2.05, 4.69) is 27.6 Å². The number of halogens is 1. The van der Waals surface area contributed by atoms with Gasteiger partial charge in [-0.15, -0.1) is 0 Å². The smallest absolute Gasteiger partial charge is 0.401 e. The third-order valence-electron chi connectivity index (χ3n) is 4.34. The molecule has 8 heteroatoms. The molecular weight excluding hydrogens is 485 g/mol. The van der Waals surface area contributed by atoms with Gasteiger partial charge in [-0.1, -0.05) is 17.7 Å². The number of nitro groups is 1. The van der Waals surface area contributed by atoms with Crippen LogP contribution in [0.15, 0.2) is 63.8 Å². The van der Waals surface area contributed by atoms with E-state index in [0.29, 0.717) is 28.2 Å². The molecule has 7 nitrogen and oxygen atoms in total. The zero-order valence-electron chi connectivity index (χ0n) is 15.2. The molecule has 4 aromatic rings. The monoisotopic (exact) mass is 499 g/mol. The Kier molecular flexibility index (Phi) is 5.01. The average molecular weight is 499 g/mol. The SMILES string of the molecule is Cc1ccc(-n2c(C=Cc3ccc([N+](=O)[O-])o3)nc3ccc(I)cc3c2=O)cc1. The summed E-state index contributed by atoms with van der Waals surface area (Å²) in [5.41, 5.74) is 2.13. The van der Waals surface area contributed by atoms with Gasteiger partial charge in [0.2, 0.25) is 0 Å². The highest BCUT2D eigenvalue weighted by atomic mass is 127. The largest absolute Gasteiger partial charge is 0.433 e. The first kappa shape index (κ1) is 19.1. The number of rotatable bonds is 4. The first-order chi connectivity index (χ1) is 13.9. The molecule has 2 aromatic carbocycles. The van der Waals surface area contributed by atoms with Crippen molar-refractivity contribution in [1.29, 1.82) is 0 Å². The van der Waals surface area contributed by atoms with Crippen LogP contribution in [0.1, 0.15) is 17.1 Å². The van der Waals surface area contributed by atoms with Crippen molar-refractivity contribution in [2.24, 2.45) is 0 Å². The van der Waals surface area contributed by atoms with Crippen LogP contribution in [-0.2, 0) is 0 Å². The molecule has 144 valence electrons. The van der Waals surface area contributed by atoms with Crippen LogP contribution in [-0.4, -0.2) is 14.5 Å². The van der Waals surface area contributed by atoms with E-state index in [0.717, 1.165) is 9.13 Å². The fourth-order valence-corrected chi connectivity index (χ4v) is 3.41. The summed E-state index contributed by atoms with van der Waals surface area (Å²) >= 11 is 2.16. The highest BCUT2D eigenvalue weighted by Gasteiger charge is 2.13. The second-order valence-corrected chi connectivity index (χ2v) is 7.62. The van der Waals surface area contributed by atoms with Gasteiger partial charge in [0.15, 0.2) is 0 Å². The summed E-state index contributed by atoms with van der Waals surface area (Å²) in [7, 11) is 0. The van der Waals surface area contributed by atoms with E-state index in [-0.39, 0.29) is 11.4 Å². The van der Waals surface area contributed by atoms with Gasteiger partial charge in [-0.05, 0) is 78.1 Å². The molecule has 0 fully saturated rings. The quantitative estimate of drug-likeness (QED) is 0.225. The van der Waals surface area contributed by atoms with Gasteiger partial charge in [-0.25, -0.2) is 4.98 Å². The van der Waals surface area contributed by atoms with E-state index in [4.69, 9.17) is 4.42 Å². The third-order valence-corrected chi connectivity index (χ3v) is 5.01. The number of aryl methyl sites for hydroxylation is 1. The van der Waals surface area contributed by atoms with Crippen LogP contribution in [0.25, 0.3) is 28.7 Å². The molecule has 0 aliphatic heterocycles. The maximum atomic E-state index is 13.3. The molecule has 0 aliphatic rings. The van der Waals surface area contributed by atoms with Crippen LogP contribution in [0.4, 0.5) is 5.88 Å². The minimum Gasteiger partial charge on any atom is -0.401 e. The highest BCUT2D eigenvalue weighted by molar-refractivity contribution is 14.1. The number of benzene rings is 2. The molecule has 2 aromatic heterocycles. The molecule has 0 radical (unpaired) electrons. The summed E-state index contributed by atoms with van der Waals surface area (Å²) < 4.78 is 7.62. The summed E-state index contributed by atoms with van der Waals surface area (Å²) in [6, 6.07) is 15.8. The Bertz CT molecular complexity index is 1320. The zero-order valence-corrected chi connectivity index (χ0v) is 17.4. The second kappa shape index (κ2) is 7.63. The van der Waals surface area contributed by atoms with E-state index >= 15 is 0 Å². The van der Waals surface area contributed by atoms with Gasteiger partial charge >= 0.3 is 5.88 Å². The number of fused-ring (bicyclic) bond motifs is 1. The maximum absolute atomic E-state index is 13.3. The summed E-state index contributed by atoms with van der Waals surface area (Å²) in [5.74, 6) is 0.345. The van der Waals surface area contributed by atoms with Crippen LogP contribution in [0.5, 0.6) is 0 Å². The lowest BCUT2D eigenvalue weighted by atomic mass is 10.2. The highest BCUT2D eigenvalue weighted by Crippen LogP contribution is 2.20. The van der Waals surface area contributed by atoms with E-state index in [1.54, 1.807) is 24.3 Å². The van der Waals surface area contributed by atoms with Crippen molar-refractivity contribution >= 4 is 51.5 Å². The van der Waals surface area contributed by atoms with Gasteiger partial charge < -0.3 is 4.42 Å². The van der Waals surface area contributed by atoms with E-state index in [1.807, 2.05) is 37.3 Å². The molecule has 0 aliphatic carbocycles. The number of hydrogen-bond donors (Lipinski definition) is 0. The Labute approximate surface area is 178 Å². The van der Waals surface area contributed by atoms with Crippen molar-refractivity contribution in [2.75, 3.05) is 0 Å². The Morgan fingerprint density at radius 3 is 2.55 bits per heavy atom. The molecule has 0 N–H and O–H groups in total. The van der Waals surface area contributed by atoms with Crippen molar-refractivity contribution in [3.8, 4) is 5.69 Å². The number of nitrogens with zero attached hydrogens (tertiary/aromatic N) is 3. The van der Waals surface area contributed by atoms with Crippen LogP contribution in [0.3, 0.4) is 0 Å². The normalized spacial score (nSPS) is 11.4. The van der Waals surface area contributed by atoms with Crippen LogP contribution in [0, 0.1) is 20.6 Å². The van der Waals surface area contributed by atoms with E-state index in [1.165, 1.54) is 16.7 Å². The number of aromatic nitrogens is 2. The molecule has 0 bridgehead atoms. The van der Waals surface area contributed by atoms with Gasteiger partial charge in [-0.2, -0.15) is 0 Å². The zero-order chi connectivity index (χ0) is 20.5. The lowest BCUT2D eigenvalue weighted by molar-refractivity contribution is -0.402. The lowest BCUT2D eigenvalue weighted by Gasteiger charge is -2.12. The standard InChI is InChI=1S/C21H14IN3O4/c1-13-2-5-15(6-3-13)24-19(10-7-16-8-11-20(29-16)25(27)28)23-18-9-4-14(22)12-17(18)21(24)26/h2-12H,1H3. The van der Waals surface area contributed by atoms with Gasteiger partial charge in [0.05, 0.1) is 22.7 Å². The van der Waals surface area contributed by atoms with E-state index in [9.17, 15) is 14.9 Å². The summed E-state index contributed by atoms with van der Waals surface area (Å²) in [6.07, 6.45) is 3.17. The molecule has 0 unspecified atom stereocenters. The number of hydrogen-bond acceptors (Lipinski definition) is 5. The summed E-state index contributed by atoms with van der Waals surface area (Å²) in [4.78, 5) is 28.1. The molecular formula is C21H14IN3O4. The van der Waals surface area contributed by atoms with Crippen LogP contribution >= 0.6 is 22.6 Å². The van der Waals surface area contributed by atoms with Crippen LogP contribution < -0.4 is 5.56 Å². The van der Waals surface area contributed by atoms with Gasteiger partial charge in [0.1, 0.15) is 16.5 Å². The predicted octanol–water partition coefficient (Wildman–Crippen LogP) is 4.97. The van der Waals surface area contributed by atoms with E-state index < -0.39 is 4.92 Å². The first-order valence-electron chi connectivity index (χ1n) is 8.64.